The summed E-state index contributed by atoms with van der Waals surface area (Å²) in [5.41, 5.74) is 0.239. The van der Waals surface area contributed by atoms with Crippen LogP contribution < -0.4 is 0 Å². The smallest absolute Gasteiger partial charge is 0.334 e. The van der Waals surface area contributed by atoms with Crippen LogP contribution >= 0.6 is 0 Å². The van der Waals surface area contributed by atoms with Crippen LogP contribution in [-0.2, 0) is 28.7 Å². The van der Waals surface area contributed by atoms with Crippen molar-refractivity contribution < 1.29 is 33.8 Å². The Labute approximate surface area is 211 Å². The van der Waals surface area contributed by atoms with Gasteiger partial charge in [-0.25, -0.2) is 14.4 Å². The molecule has 0 fully saturated rings. The van der Waals surface area contributed by atoms with E-state index in [0.29, 0.717) is 26.1 Å². The molecule has 0 radical (unpaired) electrons. The van der Waals surface area contributed by atoms with Crippen molar-refractivity contribution in [2.24, 2.45) is 0 Å². The molecule has 0 aromatic heterocycles. The molecule has 0 atom stereocenters. The SMILES string of the molecule is CCCCOC(=O)C=CC(=O)CCCCCCCCCCCCOC(=O)C(=CC(=O)O)CCCC. The minimum absolute atomic E-state index is 0.0294. The van der Waals surface area contributed by atoms with Crippen LogP contribution in [0.2, 0.25) is 0 Å². The number of hydrogen-bond acceptors (Lipinski definition) is 6. The number of rotatable bonds is 23. The van der Waals surface area contributed by atoms with Crippen molar-refractivity contribution in [1.29, 1.82) is 0 Å². The van der Waals surface area contributed by atoms with Gasteiger partial charge in [0.15, 0.2) is 5.78 Å². The molecule has 35 heavy (non-hydrogen) atoms. The number of carbonyl (C=O) groups excluding carboxylic acids is 3. The highest BCUT2D eigenvalue weighted by molar-refractivity contribution is 5.96. The highest BCUT2D eigenvalue weighted by Crippen LogP contribution is 2.13. The second kappa shape index (κ2) is 23.3. The molecule has 0 aliphatic heterocycles. The van der Waals surface area contributed by atoms with E-state index in [2.05, 4.69) is 0 Å². The summed E-state index contributed by atoms with van der Waals surface area (Å²) in [5.74, 6) is -2.10. The van der Waals surface area contributed by atoms with Crippen molar-refractivity contribution in [2.45, 2.75) is 117 Å². The standard InChI is InChI=1S/C28H46O7/c1-3-5-17-24(23-26(30)31)28(33)35-22-16-14-12-10-8-7-9-11-13-15-18-25(29)19-20-27(32)34-21-6-4-2/h19-20,23H,3-18,21-22H2,1-2H3,(H,30,31). The summed E-state index contributed by atoms with van der Waals surface area (Å²) >= 11 is 0. The van der Waals surface area contributed by atoms with Crippen LogP contribution in [0.25, 0.3) is 0 Å². The van der Waals surface area contributed by atoms with E-state index in [1.54, 1.807) is 0 Å². The Balaban J connectivity index is 3.61. The second-order valence-electron chi connectivity index (χ2n) is 8.85. The maximum absolute atomic E-state index is 12.0. The van der Waals surface area contributed by atoms with E-state index in [4.69, 9.17) is 14.6 Å². The van der Waals surface area contributed by atoms with Gasteiger partial charge >= 0.3 is 17.9 Å². The first kappa shape index (κ1) is 32.6. The molecular formula is C28H46O7. The monoisotopic (exact) mass is 494 g/mol. The molecular weight excluding hydrogens is 448 g/mol. The van der Waals surface area contributed by atoms with Gasteiger partial charge < -0.3 is 14.6 Å². The first-order valence-electron chi connectivity index (χ1n) is 13.4. The third-order valence-corrected chi connectivity index (χ3v) is 5.56. The van der Waals surface area contributed by atoms with Gasteiger partial charge in [-0.15, -0.1) is 0 Å². The van der Waals surface area contributed by atoms with Crippen LogP contribution in [0, 0.1) is 0 Å². The van der Waals surface area contributed by atoms with Gasteiger partial charge in [0.05, 0.1) is 13.2 Å². The zero-order valence-corrected chi connectivity index (χ0v) is 21.9. The van der Waals surface area contributed by atoms with Crippen LogP contribution in [0.15, 0.2) is 23.8 Å². The number of aliphatic carboxylic acids is 1. The molecule has 1 N–H and O–H groups in total. The number of ketones is 1. The summed E-state index contributed by atoms with van der Waals surface area (Å²) in [6.45, 7) is 4.74. The predicted molar refractivity (Wildman–Crippen MR) is 137 cm³/mol. The number of carboxylic acids is 1. The summed E-state index contributed by atoms with van der Waals surface area (Å²) in [7, 11) is 0. The zero-order chi connectivity index (χ0) is 26.2. The summed E-state index contributed by atoms with van der Waals surface area (Å²) in [4.78, 5) is 46.0. The number of carboxylic acid groups (broad SMARTS) is 1. The molecule has 0 amide bonds. The second-order valence-corrected chi connectivity index (χ2v) is 8.85. The minimum atomic E-state index is -1.12. The molecule has 200 valence electrons. The summed E-state index contributed by atoms with van der Waals surface area (Å²) < 4.78 is 10.2. The lowest BCUT2D eigenvalue weighted by atomic mass is 10.0. The fraction of sp³-hybridized carbons (Fsp3) is 0.714. The summed E-state index contributed by atoms with van der Waals surface area (Å²) in [6, 6.07) is 0. The molecule has 0 spiro atoms. The molecule has 0 aromatic carbocycles. The Morgan fingerprint density at radius 1 is 0.629 bits per heavy atom. The van der Waals surface area contributed by atoms with Crippen LogP contribution in [0.1, 0.15) is 117 Å². The Hall–Kier alpha value is -2.44. The highest BCUT2D eigenvalue weighted by Gasteiger charge is 2.12. The maximum Gasteiger partial charge on any atom is 0.334 e. The molecule has 0 aromatic rings. The third kappa shape index (κ3) is 21.8. The molecule has 0 heterocycles. The average Bonchev–Trinajstić information content (AvgIpc) is 2.83. The van der Waals surface area contributed by atoms with Gasteiger partial charge in [-0.1, -0.05) is 78.1 Å². The van der Waals surface area contributed by atoms with Crippen LogP contribution in [-0.4, -0.2) is 42.0 Å². The summed E-state index contributed by atoms with van der Waals surface area (Å²) in [6.07, 6.45) is 18.3. The van der Waals surface area contributed by atoms with Gasteiger partial charge in [0.1, 0.15) is 0 Å². The average molecular weight is 495 g/mol. The Morgan fingerprint density at radius 3 is 1.74 bits per heavy atom. The van der Waals surface area contributed by atoms with Gasteiger partial charge in [-0.3, -0.25) is 4.79 Å². The van der Waals surface area contributed by atoms with Crippen molar-refractivity contribution in [3.63, 3.8) is 0 Å². The number of unbranched alkanes of at least 4 members (excludes halogenated alkanes) is 11. The Bertz CT molecular complexity index is 664. The quantitative estimate of drug-likeness (QED) is 0.0982. The van der Waals surface area contributed by atoms with E-state index < -0.39 is 17.9 Å². The number of allylic oxidation sites excluding steroid dienone is 1. The molecule has 0 rings (SSSR count). The van der Waals surface area contributed by atoms with Crippen molar-refractivity contribution in [2.75, 3.05) is 13.2 Å². The first-order valence-corrected chi connectivity index (χ1v) is 13.4. The van der Waals surface area contributed by atoms with Crippen LogP contribution in [0.5, 0.6) is 0 Å². The van der Waals surface area contributed by atoms with Crippen molar-refractivity contribution in [3.05, 3.63) is 23.8 Å². The van der Waals surface area contributed by atoms with Gasteiger partial charge in [0.2, 0.25) is 0 Å². The number of ether oxygens (including phenoxy) is 2. The van der Waals surface area contributed by atoms with Gasteiger partial charge in [-0.2, -0.15) is 0 Å². The highest BCUT2D eigenvalue weighted by atomic mass is 16.5. The first-order chi connectivity index (χ1) is 16.9. The lowest BCUT2D eigenvalue weighted by molar-refractivity contribution is -0.140. The van der Waals surface area contributed by atoms with Gasteiger partial charge in [0, 0.05) is 24.1 Å². The van der Waals surface area contributed by atoms with Gasteiger partial charge in [0.25, 0.3) is 0 Å². The fourth-order valence-electron chi connectivity index (χ4n) is 3.43. The van der Waals surface area contributed by atoms with E-state index in [0.717, 1.165) is 83.1 Å². The number of esters is 2. The van der Waals surface area contributed by atoms with E-state index in [9.17, 15) is 19.2 Å². The molecule has 0 unspecified atom stereocenters. The Morgan fingerprint density at radius 2 is 1.17 bits per heavy atom. The largest absolute Gasteiger partial charge is 0.478 e. The molecule has 0 saturated heterocycles. The normalized spacial score (nSPS) is 11.5. The van der Waals surface area contributed by atoms with Crippen LogP contribution in [0.4, 0.5) is 0 Å². The topological polar surface area (TPSA) is 107 Å². The van der Waals surface area contributed by atoms with E-state index in [1.807, 2.05) is 13.8 Å². The van der Waals surface area contributed by atoms with Crippen molar-refractivity contribution >= 4 is 23.7 Å². The van der Waals surface area contributed by atoms with Crippen molar-refractivity contribution in [1.82, 2.24) is 0 Å². The van der Waals surface area contributed by atoms with Crippen LogP contribution in [0.3, 0.4) is 0 Å². The third-order valence-electron chi connectivity index (χ3n) is 5.56. The lowest BCUT2D eigenvalue weighted by Gasteiger charge is -2.07. The molecule has 7 nitrogen and oxygen atoms in total. The number of hydrogen-bond donors (Lipinski definition) is 1. The van der Waals surface area contributed by atoms with E-state index in [-0.39, 0.29) is 11.4 Å². The van der Waals surface area contributed by atoms with E-state index >= 15 is 0 Å². The van der Waals surface area contributed by atoms with E-state index in [1.165, 1.54) is 25.0 Å². The zero-order valence-electron chi connectivity index (χ0n) is 21.9. The van der Waals surface area contributed by atoms with Crippen molar-refractivity contribution in [3.8, 4) is 0 Å². The molecule has 7 heteroatoms. The maximum atomic E-state index is 12.0. The predicted octanol–water partition coefficient (Wildman–Crippen LogP) is 6.49. The molecule has 0 aliphatic rings. The molecule has 0 saturated carbocycles. The Kier molecular flexibility index (Phi) is 21.7. The minimum Gasteiger partial charge on any atom is -0.478 e. The van der Waals surface area contributed by atoms with Gasteiger partial charge in [-0.05, 0) is 38.2 Å². The molecule has 0 bridgehead atoms. The molecule has 0 aliphatic carbocycles. The summed E-state index contributed by atoms with van der Waals surface area (Å²) in [5, 5.41) is 8.88. The fourth-order valence-corrected chi connectivity index (χ4v) is 3.43. The number of carbonyl (C=O) groups is 4. The lowest BCUT2D eigenvalue weighted by Crippen LogP contribution is -2.11.